The molecule has 7 heteroatoms. The van der Waals surface area contributed by atoms with E-state index in [1.165, 1.54) is 6.07 Å². The monoisotopic (exact) mass is 385 g/mol. The van der Waals surface area contributed by atoms with Gasteiger partial charge in [-0.15, -0.1) is 0 Å². The first-order valence-electron chi connectivity index (χ1n) is 7.98. The number of rotatable bonds is 5. The van der Waals surface area contributed by atoms with Gasteiger partial charge in [-0.1, -0.05) is 37.6 Å². The highest BCUT2D eigenvalue weighted by molar-refractivity contribution is 6.30. The number of hydrogen-bond donors (Lipinski definition) is 1. The van der Waals surface area contributed by atoms with Crippen molar-refractivity contribution in [1.29, 1.82) is 0 Å². The number of nitrogens with one attached hydrogen (secondary N) is 1. The number of carbonyl (C=O) groups excluding carboxylic acids is 1. The van der Waals surface area contributed by atoms with Crippen molar-refractivity contribution >= 4 is 23.2 Å². The van der Waals surface area contributed by atoms with Crippen LogP contribution in [0.3, 0.4) is 0 Å². The van der Waals surface area contributed by atoms with Gasteiger partial charge in [-0.05, 0) is 48.2 Å². The number of aryl methyl sites for hydroxylation is 1. The van der Waals surface area contributed by atoms with Crippen molar-refractivity contribution < 1.29 is 22.7 Å². The standard InChI is InChI=1S/C19H19ClF3NO2/c1-11(2)14-6-4-12(3)8-17(14)26-10-18(25)24-16-7-5-13(20)9-15(16)19(21,22)23/h4-9,11H,10H2,1-3H3,(H,24,25). The van der Waals surface area contributed by atoms with E-state index < -0.39 is 24.3 Å². The molecule has 2 rings (SSSR count). The molecule has 140 valence electrons. The van der Waals surface area contributed by atoms with Crippen molar-refractivity contribution in [3.8, 4) is 5.75 Å². The molecule has 0 bridgehead atoms. The van der Waals surface area contributed by atoms with E-state index in [1.54, 1.807) is 6.07 Å². The van der Waals surface area contributed by atoms with Gasteiger partial charge >= 0.3 is 6.18 Å². The summed E-state index contributed by atoms with van der Waals surface area (Å²) < 4.78 is 44.8. The summed E-state index contributed by atoms with van der Waals surface area (Å²) in [5.41, 5.74) is 0.522. The Morgan fingerprint density at radius 1 is 1.19 bits per heavy atom. The number of ether oxygens (including phenoxy) is 1. The lowest BCUT2D eigenvalue weighted by Crippen LogP contribution is -2.22. The second-order valence-corrected chi connectivity index (χ2v) is 6.66. The van der Waals surface area contributed by atoms with Gasteiger partial charge in [0.2, 0.25) is 0 Å². The van der Waals surface area contributed by atoms with Crippen LogP contribution in [0.2, 0.25) is 5.02 Å². The van der Waals surface area contributed by atoms with Gasteiger partial charge in [-0.25, -0.2) is 0 Å². The first-order valence-corrected chi connectivity index (χ1v) is 8.35. The van der Waals surface area contributed by atoms with Crippen molar-refractivity contribution in [3.63, 3.8) is 0 Å². The SMILES string of the molecule is Cc1ccc(C(C)C)c(OCC(=O)Nc2ccc(Cl)cc2C(F)(F)F)c1. The van der Waals surface area contributed by atoms with Crippen molar-refractivity contribution in [2.75, 3.05) is 11.9 Å². The molecule has 0 aromatic heterocycles. The molecule has 2 aromatic carbocycles. The number of benzene rings is 2. The first kappa shape index (κ1) is 20.1. The fraction of sp³-hybridized carbons (Fsp3) is 0.316. The van der Waals surface area contributed by atoms with E-state index in [-0.39, 0.29) is 16.6 Å². The molecule has 1 N–H and O–H groups in total. The molecule has 0 saturated carbocycles. The molecule has 0 spiro atoms. The third kappa shape index (κ3) is 5.14. The molecule has 0 aliphatic carbocycles. The zero-order chi connectivity index (χ0) is 19.5. The zero-order valence-electron chi connectivity index (χ0n) is 14.6. The summed E-state index contributed by atoms with van der Waals surface area (Å²) in [6.45, 7) is 5.46. The van der Waals surface area contributed by atoms with E-state index in [2.05, 4.69) is 5.32 Å². The van der Waals surface area contributed by atoms with Crippen LogP contribution in [-0.2, 0) is 11.0 Å². The summed E-state index contributed by atoms with van der Waals surface area (Å²) in [6.07, 6.45) is -4.63. The molecule has 26 heavy (non-hydrogen) atoms. The Hall–Kier alpha value is -2.21. The van der Waals surface area contributed by atoms with Gasteiger partial charge in [0.25, 0.3) is 5.91 Å². The predicted molar refractivity (Wildman–Crippen MR) is 95.8 cm³/mol. The number of amides is 1. The van der Waals surface area contributed by atoms with Gasteiger partial charge in [0.1, 0.15) is 5.75 Å². The van der Waals surface area contributed by atoms with Crippen LogP contribution in [0.1, 0.15) is 36.5 Å². The Labute approximate surface area is 155 Å². The highest BCUT2D eigenvalue weighted by Crippen LogP contribution is 2.36. The van der Waals surface area contributed by atoms with Crippen LogP contribution in [0.15, 0.2) is 36.4 Å². The zero-order valence-corrected chi connectivity index (χ0v) is 15.3. The van der Waals surface area contributed by atoms with Crippen LogP contribution < -0.4 is 10.1 Å². The van der Waals surface area contributed by atoms with E-state index in [4.69, 9.17) is 16.3 Å². The normalized spacial score (nSPS) is 11.5. The van der Waals surface area contributed by atoms with Crippen LogP contribution in [0.4, 0.5) is 18.9 Å². The molecule has 0 atom stereocenters. The second-order valence-electron chi connectivity index (χ2n) is 6.22. The highest BCUT2D eigenvalue weighted by Gasteiger charge is 2.34. The minimum absolute atomic E-state index is 0.0621. The van der Waals surface area contributed by atoms with Crippen LogP contribution in [-0.4, -0.2) is 12.5 Å². The maximum atomic E-state index is 13.1. The largest absolute Gasteiger partial charge is 0.483 e. The summed E-state index contributed by atoms with van der Waals surface area (Å²) in [5.74, 6) is 0.0399. The predicted octanol–water partition coefficient (Wildman–Crippen LogP) is 5.81. The maximum absolute atomic E-state index is 13.1. The molecule has 0 aliphatic heterocycles. The minimum atomic E-state index is -4.63. The van der Waals surface area contributed by atoms with Gasteiger partial charge in [-0.3, -0.25) is 4.79 Å². The topological polar surface area (TPSA) is 38.3 Å². The Morgan fingerprint density at radius 2 is 1.88 bits per heavy atom. The minimum Gasteiger partial charge on any atom is -0.483 e. The number of anilines is 1. The fourth-order valence-corrected chi connectivity index (χ4v) is 2.61. The third-order valence-corrected chi connectivity index (χ3v) is 3.95. The summed E-state index contributed by atoms with van der Waals surface area (Å²) in [4.78, 5) is 12.1. The molecule has 0 unspecified atom stereocenters. The van der Waals surface area contributed by atoms with Gasteiger partial charge in [0.15, 0.2) is 6.61 Å². The van der Waals surface area contributed by atoms with Crippen LogP contribution >= 0.6 is 11.6 Å². The lowest BCUT2D eigenvalue weighted by molar-refractivity contribution is -0.137. The van der Waals surface area contributed by atoms with E-state index in [9.17, 15) is 18.0 Å². The molecule has 0 fully saturated rings. The summed E-state index contributed by atoms with van der Waals surface area (Å²) >= 11 is 5.63. The second kappa shape index (κ2) is 7.99. The van der Waals surface area contributed by atoms with E-state index in [0.717, 1.165) is 23.3 Å². The van der Waals surface area contributed by atoms with E-state index >= 15 is 0 Å². The van der Waals surface area contributed by atoms with Crippen LogP contribution in [0.25, 0.3) is 0 Å². The molecular weight excluding hydrogens is 367 g/mol. The van der Waals surface area contributed by atoms with Crippen molar-refractivity contribution in [3.05, 3.63) is 58.1 Å². The maximum Gasteiger partial charge on any atom is 0.418 e. The lowest BCUT2D eigenvalue weighted by atomic mass is 10.0. The van der Waals surface area contributed by atoms with Crippen molar-refractivity contribution in [1.82, 2.24) is 0 Å². The number of alkyl halides is 3. The molecule has 1 amide bonds. The van der Waals surface area contributed by atoms with Crippen molar-refractivity contribution in [2.45, 2.75) is 32.9 Å². The quantitative estimate of drug-likeness (QED) is 0.705. The summed E-state index contributed by atoms with van der Waals surface area (Å²) in [7, 11) is 0. The van der Waals surface area contributed by atoms with Crippen LogP contribution in [0.5, 0.6) is 5.75 Å². The van der Waals surface area contributed by atoms with Gasteiger partial charge in [-0.2, -0.15) is 13.2 Å². The van der Waals surface area contributed by atoms with Gasteiger partial charge in [0.05, 0.1) is 11.3 Å². The highest BCUT2D eigenvalue weighted by atomic mass is 35.5. The molecule has 0 saturated heterocycles. The number of halogens is 4. The van der Waals surface area contributed by atoms with Gasteiger partial charge < -0.3 is 10.1 Å². The van der Waals surface area contributed by atoms with E-state index in [1.807, 2.05) is 32.9 Å². The average Bonchev–Trinajstić information content (AvgIpc) is 2.53. The Balaban J connectivity index is 2.13. The first-order chi connectivity index (χ1) is 12.1. The van der Waals surface area contributed by atoms with E-state index in [0.29, 0.717) is 5.75 Å². The third-order valence-electron chi connectivity index (χ3n) is 3.71. The molecule has 0 heterocycles. The molecule has 0 aliphatic rings. The number of carbonyl (C=O) groups is 1. The average molecular weight is 386 g/mol. The Morgan fingerprint density at radius 3 is 2.50 bits per heavy atom. The molecule has 2 aromatic rings. The number of hydrogen-bond acceptors (Lipinski definition) is 2. The Kier molecular flexibility index (Phi) is 6.18. The van der Waals surface area contributed by atoms with Gasteiger partial charge in [0, 0.05) is 5.02 Å². The molecular formula is C19H19ClF3NO2. The molecule has 0 radical (unpaired) electrons. The summed E-state index contributed by atoms with van der Waals surface area (Å²) in [6, 6.07) is 8.82. The fourth-order valence-electron chi connectivity index (χ4n) is 2.43. The Bertz CT molecular complexity index is 804. The molecule has 3 nitrogen and oxygen atoms in total. The van der Waals surface area contributed by atoms with Crippen molar-refractivity contribution in [2.24, 2.45) is 0 Å². The lowest BCUT2D eigenvalue weighted by Gasteiger charge is -2.16. The summed E-state index contributed by atoms with van der Waals surface area (Å²) in [5, 5.41) is 2.17. The van der Waals surface area contributed by atoms with Crippen LogP contribution in [0, 0.1) is 6.92 Å². The smallest absolute Gasteiger partial charge is 0.418 e.